The number of fused-ring (bicyclic) bond motifs is 1. The van der Waals surface area contributed by atoms with Crippen LogP contribution in [0.3, 0.4) is 0 Å². The van der Waals surface area contributed by atoms with E-state index in [1.807, 2.05) is 0 Å². The molecule has 0 aromatic rings. The number of amides is 1. The lowest BCUT2D eigenvalue weighted by molar-refractivity contribution is -0.124. The van der Waals surface area contributed by atoms with E-state index >= 15 is 0 Å². The Hall–Kier alpha value is -1.08. The molecule has 0 bridgehead atoms. The second-order valence-electron chi connectivity index (χ2n) is 4.36. The maximum atomic E-state index is 11.5. The van der Waals surface area contributed by atoms with Gasteiger partial charge in [0.05, 0.1) is 12.0 Å². The van der Waals surface area contributed by atoms with Crippen LogP contribution in [-0.2, 0) is 4.79 Å². The Kier molecular flexibility index (Phi) is 3.22. The zero-order chi connectivity index (χ0) is 10.7. The van der Waals surface area contributed by atoms with E-state index in [9.17, 15) is 4.79 Å². The Bertz CT molecular complexity index is 284. The van der Waals surface area contributed by atoms with Crippen LogP contribution >= 0.6 is 0 Å². The quantitative estimate of drug-likeness (QED) is 0.686. The third kappa shape index (κ3) is 2.13. The molecule has 0 radical (unpaired) electrons. The van der Waals surface area contributed by atoms with Crippen molar-refractivity contribution in [3.05, 3.63) is 0 Å². The summed E-state index contributed by atoms with van der Waals surface area (Å²) in [6, 6.07) is 2.56. The van der Waals surface area contributed by atoms with E-state index in [-0.39, 0.29) is 11.8 Å². The Morgan fingerprint density at radius 1 is 1.60 bits per heavy atom. The van der Waals surface area contributed by atoms with Crippen LogP contribution in [0.4, 0.5) is 0 Å². The van der Waals surface area contributed by atoms with Gasteiger partial charge in [-0.15, -0.1) is 0 Å². The first-order chi connectivity index (χ1) is 7.33. The number of piperidine rings is 1. The van der Waals surface area contributed by atoms with E-state index in [1.54, 1.807) is 0 Å². The minimum absolute atomic E-state index is 0.209. The van der Waals surface area contributed by atoms with Gasteiger partial charge in [-0.3, -0.25) is 9.69 Å². The molecule has 4 nitrogen and oxygen atoms in total. The van der Waals surface area contributed by atoms with Gasteiger partial charge < -0.3 is 5.32 Å². The zero-order valence-electron chi connectivity index (χ0n) is 8.91. The molecule has 1 amide bonds. The number of rotatable bonds is 3. The molecule has 1 N–H and O–H groups in total. The van der Waals surface area contributed by atoms with Crippen LogP contribution in [0.1, 0.15) is 25.7 Å². The summed E-state index contributed by atoms with van der Waals surface area (Å²) < 4.78 is 0. The van der Waals surface area contributed by atoms with Crippen LogP contribution in [0, 0.1) is 17.2 Å². The minimum atomic E-state index is 0.209. The number of hydrogen-bond donors (Lipinski definition) is 1. The third-order valence-electron chi connectivity index (χ3n) is 3.45. The summed E-state index contributed by atoms with van der Waals surface area (Å²) in [7, 11) is 0. The number of nitriles is 1. The number of likely N-dealkylation sites (tertiary alicyclic amines) is 1. The van der Waals surface area contributed by atoms with E-state index in [1.165, 1.54) is 0 Å². The van der Waals surface area contributed by atoms with Crippen molar-refractivity contribution in [1.29, 1.82) is 5.26 Å². The van der Waals surface area contributed by atoms with Gasteiger partial charge in [0.2, 0.25) is 5.91 Å². The number of nitrogens with zero attached hydrogens (tertiary/aromatic N) is 2. The van der Waals surface area contributed by atoms with Gasteiger partial charge in [-0.25, -0.2) is 0 Å². The average Bonchev–Trinajstić information content (AvgIpc) is 2.62. The molecule has 2 rings (SSSR count). The molecular formula is C11H17N3O. The Morgan fingerprint density at radius 3 is 3.27 bits per heavy atom. The molecular weight excluding hydrogens is 190 g/mol. The summed E-state index contributed by atoms with van der Waals surface area (Å²) in [4.78, 5) is 13.9. The van der Waals surface area contributed by atoms with Gasteiger partial charge in [-0.1, -0.05) is 0 Å². The highest BCUT2D eigenvalue weighted by atomic mass is 16.2. The highest BCUT2D eigenvalue weighted by Crippen LogP contribution is 2.27. The van der Waals surface area contributed by atoms with E-state index < -0.39 is 0 Å². The van der Waals surface area contributed by atoms with E-state index in [4.69, 9.17) is 5.26 Å². The minimum Gasteiger partial charge on any atom is -0.354 e. The molecule has 2 aliphatic heterocycles. The topological polar surface area (TPSA) is 56.1 Å². The van der Waals surface area contributed by atoms with Gasteiger partial charge in [0, 0.05) is 19.0 Å². The van der Waals surface area contributed by atoms with E-state index in [0.717, 1.165) is 38.9 Å². The summed E-state index contributed by atoms with van der Waals surface area (Å²) in [6.45, 7) is 2.85. The summed E-state index contributed by atoms with van der Waals surface area (Å²) in [5, 5.41) is 11.4. The molecule has 2 heterocycles. The highest BCUT2D eigenvalue weighted by molar-refractivity contribution is 5.82. The van der Waals surface area contributed by atoms with Gasteiger partial charge in [-0.05, 0) is 32.4 Å². The highest BCUT2D eigenvalue weighted by Gasteiger charge is 2.40. The van der Waals surface area contributed by atoms with Gasteiger partial charge >= 0.3 is 0 Å². The van der Waals surface area contributed by atoms with Crippen molar-refractivity contribution in [1.82, 2.24) is 10.2 Å². The van der Waals surface area contributed by atoms with E-state index in [0.29, 0.717) is 12.5 Å². The number of unbranched alkanes of at least 4 members (excludes halogenated alkanes) is 1. The molecule has 2 unspecified atom stereocenters. The van der Waals surface area contributed by atoms with Crippen LogP contribution in [-0.4, -0.2) is 36.5 Å². The first-order valence-electron chi connectivity index (χ1n) is 5.71. The third-order valence-corrected chi connectivity index (χ3v) is 3.45. The van der Waals surface area contributed by atoms with Crippen LogP contribution in [0.2, 0.25) is 0 Å². The van der Waals surface area contributed by atoms with Crippen LogP contribution in [0.15, 0.2) is 0 Å². The Labute approximate surface area is 90.2 Å². The molecule has 0 aromatic carbocycles. The summed E-state index contributed by atoms with van der Waals surface area (Å²) >= 11 is 0. The number of hydrogen-bond acceptors (Lipinski definition) is 3. The molecule has 2 fully saturated rings. The molecule has 0 saturated carbocycles. The lowest BCUT2D eigenvalue weighted by Gasteiger charge is -2.35. The van der Waals surface area contributed by atoms with Crippen LogP contribution in [0.5, 0.6) is 0 Å². The molecule has 0 spiro atoms. The van der Waals surface area contributed by atoms with Crippen molar-refractivity contribution in [2.24, 2.45) is 5.92 Å². The van der Waals surface area contributed by atoms with Gasteiger partial charge in [0.1, 0.15) is 0 Å². The van der Waals surface area contributed by atoms with Crippen LogP contribution < -0.4 is 5.32 Å². The van der Waals surface area contributed by atoms with E-state index in [2.05, 4.69) is 16.3 Å². The first kappa shape index (κ1) is 10.4. The lowest BCUT2D eigenvalue weighted by atomic mass is 9.91. The normalized spacial score (nSPS) is 30.7. The SMILES string of the molecule is N#CCCCN1CCCC2C(=O)NCC21. The average molecular weight is 207 g/mol. The van der Waals surface area contributed by atoms with Crippen molar-refractivity contribution in [2.45, 2.75) is 31.7 Å². The molecule has 15 heavy (non-hydrogen) atoms. The maximum absolute atomic E-state index is 11.5. The van der Waals surface area contributed by atoms with Gasteiger partial charge in [-0.2, -0.15) is 5.26 Å². The molecule has 2 atom stereocenters. The van der Waals surface area contributed by atoms with Crippen molar-refractivity contribution >= 4 is 5.91 Å². The molecule has 2 aliphatic rings. The fourth-order valence-corrected chi connectivity index (χ4v) is 2.68. The summed E-state index contributed by atoms with van der Waals surface area (Å²) in [5.41, 5.74) is 0. The second-order valence-corrected chi connectivity index (χ2v) is 4.36. The molecule has 82 valence electrons. The zero-order valence-corrected chi connectivity index (χ0v) is 8.91. The number of carbonyl (C=O) groups excluding carboxylic acids is 1. The maximum Gasteiger partial charge on any atom is 0.224 e. The predicted molar refractivity (Wildman–Crippen MR) is 55.9 cm³/mol. The fraction of sp³-hybridized carbons (Fsp3) is 0.818. The predicted octanol–water partition coefficient (Wildman–Crippen LogP) is 0.501. The van der Waals surface area contributed by atoms with Gasteiger partial charge in [0.25, 0.3) is 0 Å². The Balaban J connectivity index is 1.89. The summed E-state index contributed by atoms with van der Waals surface area (Å²) in [5.74, 6) is 0.436. The monoisotopic (exact) mass is 207 g/mol. The first-order valence-corrected chi connectivity index (χ1v) is 5.71. The fourth-order valence-electron chi connectivity index (χ4n) is 2.68. The smallest absolute Gasteiger partial charge is 0.224 e. The van der Waals surface area contributed by atoms with Gasteiger partial charge in [0.15, 0.2) is 0 Å². The Morgan fingerprint density at radius 2 is 2.47 bits per heavy atom. The molecule has 0 aromatic heterocycles. The number of nitrogens with one attached hydrogen (secondary N) is 1. The number of carbonyl (C=O) groups is 1. The van der Waals surface area contributed by atoms with Crippen molar-refractivity contribution in [3.63, 3.8) is 0 Å². The standard InChI is InChI=1S/C11H17N3O/c12-5-1-2-6-14-7-3-4-9-10(14)8-13-11(9)15/h9-10H,1-4,6-8H2,(H,13,15). The largest absolute Gasteiger partial charge is 0.354 e. The molecule has 4 heteroatoms. The lowest BCUT2D eigenvalue weighted by Crippen LogP contribution is -2.45. The molecule has 2 saturated heterocycles. The van der Waals surface area contributed by atoms with Crippen molar-refractivity contribution in [3.8, 4) is 6.07 Å². The summed E-state index contributed by atoms with van der Waals surface area (Å²) in [6.07, 6.45) is 3.69. The van der Waals surface area contributed by atoms with Crippen molar-refractivity contribution < 1.29 is 4.79 Å². The van der Waals surface area contributed by atoms with Crippen molar-refractivity contribution in [2.75, 3.05) is 19.6 Å². The second kappa shape index (κ2) is 4.63. The van der Waals surface area contributed by atoms with Crippen LogP contribution in [0.25, 0.3) is 0 Å². The molecule has 0 aliphatic carbocycles.